The molecule has 0 saturated heterocycles. The maximum absolute atomic E-state index is 13.9. The van der Waals surface area contributed by atoms with Crippen LogP contribution >= 0.6 is 0 Å². The summed E-state index contributed by atoms with van der Waals surface area (Å²) in [6, 6.07) is 2.01. The smallest absolute Gasteiger partial charge is 0.340 e. The summed E-state index contributed by atoms with van der Waals surface area (Å²) in [6.45, 7) is 6.45. The molecule has 1 aromatic carbocycles. The molecule has 2 unspecified atom stereocenters. The summed E-state index contributed by atoms with van der Waals surface area (Å²) >= 11 is 0. The number of benzene rings is 1. The number of ether oxygens (including phenoxy) is 1. The monoisotopic (exact) mass is 297 g/mol. The van der Waals surface area contributed by atoms with Crippen LogP contribution in [0.1, 0.15) is 44.0 Å². The lowest BCUT2D eigenvalue weighted by Gasteiger charge is -2.20. The van der Waals surface area contributed by atoms with Crippen LogP contribution in [0.5, 0.6) is 0 Å². The van der Waals surface area contributed by atoms with Gasteiger partial charge in [-0.2, -0.15) is 0 Å². The molecule has 1 fully saturated rings. The molecular formula is C16H21F2NO2. The molecule has 1 aliphatic rings. The molecule has 21 heavy (non-hydrogen) atoms. The van der Waals surface area contributed by atoms with E-state index >= 15 is 0 Å². The van der Waals surface area contributed by atoms with Gasteiger partial charge in [-0.1, -0.05) is 20.8 Å². The van der Waals surface area contributed by atoms with E-state index in [1.807, 2.05) is 0 Å². The average molecular weight is 297 g/mol. The third-order valence-electron chi connectivity index (χ3n) is 4.14. The van der Waals surface area contributed by atoms with Crippen LogP contribution in [0, 0.1) is 23.0 Å². The molecule has 2 rings (SSSR count). The fourth-order valence-electron chi connectivity index (χ4n) is 3.21. The van der Waals surface area contributed by atoms with Crippen molar-refractivity contribution in [2.24, 2.45) is 11.3 Å². The lowest BCUT2D eigenvalue weighted by Crippen LogP contribution is -2.23. The molecule has 0 radical (unpaired) electrons. The highest BCUT2D eigenvalue weighted by Gasteiger charge is 2.37. The predicted octanol–water partition coefficient (Wildman–Crippen LogP) is 3.99. The molecule has 0 bridgehead atoms. The highest BCUT2D eigenvalue weighted by molar-refractivity contribution is 5.90. The molecule has 0 heterocycles. The Morgan fingerprint density at radius 3 is 2.48 bits per heavy atom. The Kier molecular flexibility index (Phi) is 4.21. The second-order valence-electron chi connectivity index (χ2n) is 6.60. The average Bonchev–Trinajstić information content (AvgIpc) is 2.64. The summed E-state index contributed by atoms with van der Waals surface area (Å²) < 4.78 is 32.0. The number of hydrogen-bond acceptors (Lipinski definition) is 3. The number of esters is 1. The van der Waals surface area contributed by atoms with E-state index in [-0.39, 0.29) is 22.7 Å². The zero-order chi connectivity index (χ0) is 15.8. The van der Waals surface area contributed by atoms with Gasteiger partial charge >= 0.3 is 5.97 Å². The summed E-state index contributed by atoms with van der Waals surface area (Å²) in [4.78, 5) is 11.5. The Balaban J connectivity index is 2.26. The number of halogens is 2. The number of anilines is 1. The van der Waals surface area contributed by atoms with Crippen molar-refractivity contribution in [1.82, 2.24) is 0 Å². The Morgan fingerprint density at radius 1 is 1.29 bits per heavy atom. The van der Waals surface area contributed by atoms with Crippen LogP contribution in [0.2, 0.25) is 0 Å². The second kappa shape index (κ2) is 5.62. The third-order valence-corrected chi connectivity index (χ3v) is 4.14. The number of hydrogen-bond donors (Lipinski definition) is 1. The third kappa shape index (κ3) is 3.34. The molecular weight excluding hydrogens is 276 g/mol. The predicted molar refractivity (Wildman–Crippen MR) is 77.3 cm³/mol. The number of carbonyl (C=O) groups is 1. The number of carbonyl (C=O) groups excluding carboxylic acids is 1. The molecule has 0 amide bonds. The zero-order valence-electron chi connectivity index (χ0n) is 12.8. The van der Waals surface area contributed by atoms with Gasteiger partial charge in [-0.15, -0.1) is 0 Å². The normalized spacial score (nSPS) is 23.9. The summed E-state index contributed by atoms with van der Waals surface area (Å²) in [6.07, 6.45) is 1.94. The van der Waals surface area contributed by atoms with Crippen molar-refractivity contribution in [3.8, 4) is 0 Å². The molecule has 0 spiro atoms. The number of nitrogens with one attached hydrogen (secondary N) is 1. The summed E-state index contributed by atoms with van der Waals surface area (Å²) in [5.74, 6) is -2.04. The van der Waals surface area contributed by atoms with Crippen LogP contribution in [-0.4, -0.2) is 19.1 Å². The van der Waals surface area contributed by atoms with Crippen molar-refractivity contribution in [3.63, 3.8) is 0 Å². The highest BCUT2D eigenvalue weighted by Crippen LogP contribution is 2.42. The molecule has 116 valence electrons. The van der Waals surface area contributed by atoms with Crippen molar-refractivity contribution in [2.75, 3.05) is 12.4 Å². The minimum absolute atomic E-state index is 0.102. The van der Waals surface area contributed by atoms with Crippen molar-refractivity contribution in [1.29, 1.82) is 0 Å². The van der Waals surface area contributed by atoms with Crippen molar-refractivity contribution < 1.29 is 18.3 Å². The molecule has 2 atom stereocenters. The largest absolute Gasteiger partial charge is 0.465 e. The highest BCUT2D eigenvalue weighted by atomic mass is 19.1. The van der Waals surface area contributed by atoms with E-state index in [2.05, 4.69) is 30.8 Å². The van der Waals surface area contributed by atoms with Gasteiger partial charge in [0.1, 0.15) is 11.6 Å². The summed E-state index contributed by atoms with van der Waals surface area (Å²) in [5, 5.41) is 3.11. The number of rotatable bonds is 3. The van der Waals surface area contributed by atoms with E-state index in [0.29, 0.717) is 5.92 Å². The molecule has 0 aliphatic heterocycles. The van der Waals surface area contributed by atoms with E-state index in [4.69, 9.17) is 0 Å². The fraction of sp³-hybridized carbons (Fsp3) is 0.562. The van der Waals surface area contributed by atoms with Gasteiger partial charge in [0.25, 0.3) is 0 Å². The van der Waals surface area contributed by atoms with Gasteiger partial charge in [-0.3, -0.25) is 0 Å². The Hall–Kier alpha value is -1.65. The van der Waals surface area contributed by atoms with E-state index < -0.39 is 17.6 Å². The first-order valence-corrected chi connectivity index (χ1v) is 7.07. The lowest BCUT2D eigenvalue weighted by molar-refractivity contribution is 0.0595. The van der Waals surface area contributed by atoms with Crippen molar-refractivity contribution >= 4 is 11.7 Å². The second-order valence-corrected chi connectivity index (χ2v) is 6.60. The minimum Gasteiger partial charge on any atom is -0.465 e. The first kappa shape index (κ1) is 15.7. The van der Waals surface area contributed by atoms with Gasteiger partial charge in [-0.05, 0) is 30.2 Å². The SMILES string of the molecule is COC(=O)c1cc(NC2CC(C)(C)CC2C)c(F)cc1F. The van der Waals surface area contributed by atoms with Gasteiger partial charge in [0, 0.05) is 12.1 Å². The molecule has 5 heteroatoms. The molecule has 1 saturated carbocycles. The molecule has 3 nitrogen and oxygen atoms in total. The van der Waals surface area contributed by atoms with Crippen molar-refractivity contribution in [2.45, 2.75) is 39.7 Å². The maximum Gasteiger partial charge on any atom is 0.340 e. The van der Waals surface area contributed by atoms with Gasteiger partial charge in [0.15, 0.2) is 0 Å². The fourth-order valence-corrected chi connectivity index (χ4v) is 3.21. The quantitative estimate of drug-likeness (QED) is 0.857. The van der Waals surface area contributed by atoms with Gasteiger partial charge in [0.2, 0.25) is 0 Å². The van der Waals surface area contributed by atoms with E-state index in [9.17, 15) is 13.6 Å². The Bertz CT molecular complexity index is 557. The van der Waals surface area contributed by atoms with Gasteiger partial charge in [0.05, 0.1) is 18.4 Å². The topological polar surface area (TPSA) is 38.3 Å². The summed E-state index contributed by atoms with van der Waals surface area (Å²) in [7, 11) is 1.17. The molecule has 0 aromatic heterocycles. The van der Waals surface area contributed by atoms with Gasteiger partial charge in [-0.25, -0.2) is 13.6 Å². The molecule has 1 aromatic rings. The van der Waals surface area contributed by atoms with Crippen LogP contribution in [0.25, 0.3) is 0 Å². The standard InChI is InChI=1S/C16H21F2NO2/c1-9-7-16(2,3)8-14(9)19-13-5-10(15(20)21-4)11(17)6-12(13)18/h5-6,9,14,19H,7-8H2,1-4H3. The van der Waals surface area contributed by atoms with Gasteiger partial charge < -0.3 is 10.1 Å². The minimum atomic E-state index is -0.912. The first-order valence-electron chi connectivity index (χ1n) is 7.07. The lowest BCUT2D eigenvalue weighted by atomic mass is 9.91. The summed E-state index contributed by atoms with van der Waals surface area (Å²) in [5.41, 5.74) is 0.0799. The van der Waals surface area contributed by atoms with Crippen LogP contribution in [0.4, 0.5) is 14.5 Å². The first-order chi connectivity index (χ1) is 9.73. The van der Waals surface area contributed by atoms with E-state index in [0.717, 1.165) is 18.9 Å². The molecule has 1 aliphatic carbocycles. The van der Waals surface area contributed by atoms with Crippen LogP contribution in [0.15, 0.2) is 12.1 Å². The van der Waals surface area contributed by atoms with E-state index in [1.165, 1.54) is 13.2 Å². The van der Waals surface area contributed by atoms with Crippen molar-refractivity contribution in [3.05, 3.63) is 29.3 Å². The molecule has 1 N–H and O–H groups in total. The van der Waals surface area contributed by atoms with E-state index in [1.54, 1.807) is 0 Å². The zero-order valence-corrected chi connectivity index (χ0v) is 12.8. The van der Waals surface area contributed by atoms with Crippen LogP contribution < -0.4 is 5.32 Å². The Morgan fingerprint density at radius 2 is 1.95 bits per heavy atom. The number of methoxy groups -OCH3 is 1. The Labute approximate surface area is 123 Å². The van der Waals surface area contributed by atoms with Crippen LogP contribution in [-0.2, 0) is 4.74 Å². The maximum atomic E-state index is 13.9. The van der Waals surface area contributed by atoms with Crippen LogP contribution in [0.3, 0.4) is 0 Å².